The van der Waals surface area contributed by atoms with E-state index >= 15 is 0 Å². The highest BCUT2D eigenvalue weighted by atomic mass is 32.1. The molecule has 0 amide bonds. The number of hydrazone groups is 1. The van der Waals surface area contributed by atoms with Crippen molar-refractivity contribution in [3.63, 3.8) is 0 Å². The molecule has 1 heterocycles. The van der Waals surface area contributed by atoms with Crippen molar-refractivity contribution in [2.24, 2.45) is 5.10 Å². The van der Waals surface area contributed by atoms with E-state index in [2.05, 4.69) is 16.7 Å². The fourth-order valence-electron chi connectivity index (χ4n) is 1.26. The van der Waals surface area contributed by atoms with E-state index in [1.165, 1.54) is 0 Å². The van der Waals surface area contributed by atoms with Gasteiger partial charge in [-0.05, 0) is 19.1 Å². The van der Waals surface area contributed by atoms with E-state index in [-0.39, 0.29) is 0 Å². The Kier molecular flexibility index (Phi) is 2.78. The lowest BCUT2D eigenvalue weighted by Gasteiger charge is -2.07. The monoisotopic (exact) mass is 217 g/mol. The number of para-hydroxylation sites is 1. The average Bonchev–Trinajstić information content (AvgIpc) is 2.69. The number of hydrogen-bond acceptors (Lipinski definition) is 4. The predicted octanol–water partition coefficient (Wildman–Crippen LogP) is 3.25. The maximum Gasteiger partial charge on any atom is 0.211 e. The minimum Gasteiger partial charge on any atom is -0.218 e. The molecule has 0 unspecified atom stereocenters. The van der Waals surface area contributed by atoms with Crippen LogP contribution in [0.5, 0.6) is 0 Å². The van der Waals surface area contributed by atoms with Gasteiger partial charge in [0.25, 0.3) is 0 Å². The maximum absolute atomic E-state index is 4.46. The molecule has 4 heteroatoms. The molecule has 2 rings (SSSR count). The number of benzene rings is 1. The van der Waals surface area contributed by atoms with Crippen molar-refractivity contribution in [1.82, 2.24) is 4.98 Å². The van der Waals surface area contributed by atoms with Crippen LogP contribution in [0.1, 0.15) is 6.92 Å². The Morgan fingerprint density at radius 3 is 2.93 bits per heavy atom. The summed E-state index contributed by atoms with van der Waals surface area (Å²) in [6.07, 6.45) is 3.37. The SMILES string of the molecule is C=CN(/N=C/C)c1nc2ccccc2s1. The Balaban J connectivity index is 2.47. The first-order valence-corrected chi connectivity index (χ1v) is 5.42. The van der Waals surface area contributed by atoms with E-state index in [1.807, 2.05) is 31.2 Å². The molecule has 0 bridgehead atoms. The number of anilines is 1. The molecule has 0 saturated heterocycles. The van der Waals surface area contributed by atoms with Crippen LogP contribution in [-0.4, -0.2) is 11.2 Å². The summed E-state index contributed by atoms with van der Waals surface area (Å²) in [5, 5.41) is 6.65. The average molecular weight is 217 g/mol. The van der Waals surface area contributed by atoms with Crippen LogP contribution in [0.3, 0.4) is 0 Å². The smallest absolute Gasteiger partial charge is 0.211 e. The lowest BCUT2D eigenvalue weighted by molar-refractivity contribution is 1.07. The van der Waals surface area contributed by atoms with Crippen molar-refractivity contribution < 1.29 is 0 Å². The second kappa shape index (κ2) is 4.23. The molecule has 1 aromatic carbocycles. The standard InChI is InChI=1S/C11H11N3S/c1-3-12-14(4-2)11-13-9-7-5-6-8-10(9)15-11/h3-8H,2H2,1H3/b12-3+. The molecule has 0 aliphatic rings. The Bertz CT molecular complexity index is 468. The highest BCUT2D eigenvalue weighted by Gasteiger charge is 2.07. The predicted molar refractivity (Wildman–Crippen MR) is 66.5 cm³/mol. The van der Waals surface area contributed by atoms with Crippen LogP contribution in [0.15, 0.2) is 42.1 Å². The number of rotatable bonds is 3. The van der Waals surface area contributed by atoms with Crippen molar-refractivity contribution in [3.8, 4) is 0 Å². The zero-order valence-corrected chi connectivity index (χ0v) is 9.24. The third kappa shape index (κ3) is 1.89. The summed E-state index contributed by atoms with van der Waals surface area (Å²) in [7, 11) is 0. The molecule has 76 valence electrons. The van der Waals surface area contributed by atoms with E-state index in [0.29, 0.717) is 0 Å². The largest absolute Gasteiger partial charge is 0.218 e. The van der Waals surface area contributed by atoms with E-state index in [4.69, 9.17) is 0 Å². The van der Waals surface area contributed by atoms with Gasteiger partial charge in [0, 0.05) is 12.4 Å². The van der Waals surface area contributed by atoms with Crippen LogP contribution < -0.4 is 5.01 Å². The summed E-state index contributed by atoms with van der Waals surface area (Å²) in [5.74, 6) is 0. The van der Waals surface area contributed by atoms with E-state index in [1.54, 1.807) is 28.8 Å². The summed E-state index contributed by atoms with van der Waals surface area (Å²) in [6.45, 7) is 5.57. The summed E-state index contributed by atoms with van der Waals surface area (Å²) in [6, 6.07) is 8.03. The van der Waals surface area contributed by atoms with Crippen molar-refractivity contribution in [2.45, 2.75) is 6.92 Å². The molecule has 0 saturated carbocycles. The number of aromatic nitrogens is 1. The molecule has 3 nitrogen and oxygen atoms in total. The molecule has 0 radical (unpaired) electrons. The van der Waals surface area contributed by atoms with Gasteiger partial charge in [-0.15, -0.1) is 0 Å². The van der Waals surface area contributed by atoms with Gasteiger partial charge in [-0.3, -0.25) is 0 Å². The Hall–Kier alpha value is -1.68. The Labute approximate surface area is 92.4 Å². The minimum atomic E-state index is 0.837. The quantitative estimate of drug-likeness (QED) is 0.583. The fraction of sp³-hybridized carbons (Fsp3) is 0.0909. The third-order valence-electron chi connectivity index (χ3n) is 1.89. The van der Waals surface area contributed by atoms with Crippen molar-refractivity contribution >= 4 is 32.9 Å². The van der Waals surface area contributed by atoms with Gasteiger partial charge in [0.05, 0.1) is 10.2 Å². The molecular formula is C11H11N3S. The Morgan fingerprint density at radius 2 is 2.27 bits per heavy atom. The van der Waals surface area contributed by atoms with Crippen molar-refractivity contribution in [2.75, 3.05) is 5.01 Å². The topological polar surface area (TPSA) is 28.5 Å². The van der Waals surface area contributed by atoms with Gasteiger partial charge in [0.2, 0.25) is 5.13 Å². The van der Waals surface area contributed by atoms with Gasteiger partial charge in [0.15, 0.2) is 0 Å². The second-order valence-electron chi connectivity index (χ2n) is 2.86. The van der Waals surface area contributed by atoms with E-state index in [0.717, 1.165) is 15.3 Å². The van der Waals surface area contributed by atoms with E-state index in [9.17, 15) is 0 Å². The first-order chi connectivity index (χ1) is 7.35. The van der Waals surface area contributed by atoms with Crippen molar-refractivity contribution in [1.29, 1.82) is 0 Å². The molecule has 0 fully saturated rings. The molecule has 1 aromatic heterocycles. The van der Waals surface area contributed by atoms with Gasteiger partial charge in [-0.25, -0.2) is 9.99 Å². The molecule has 0 spiro atoms. The number of fused-ring (bicyclic) bond motifs is 1. The van der Waals surface area contributed by atoms with Crippen LogP contribution in [-0.2, 0) is 0 Å². The lowest BCUT2D eigenvalue weighted by atomic mass is 10.3. The highest BCUT2D eigenvalue weighted by molar-refractivity contribution is 7.22. The van der Waals surface area contributed by atoms with Gasteiger partial charge < -0.3 is 0 Å². The van der Waals surface area contributed by atoms with Gasteiger partial charge >= 0.3 is 0 Å². The number of hydrogen-bond donors (Lipinski definition) is 0. The molecule has 2 aromatic rings. The Morgan fingerprint density at radius 1 is 1.47 bits per heavy atom. The number of nitrogens with zero attached hydrogens (tertiary/aromatic N) is 3. The van der Waals surface area contributed by atoms with Crippen LogP contribution >= 0.6 is 11.3 Å². The van der Waals surface area contributed by atoms with Crippen molar-refractivity contribution in [3.05, 3.63) is 37.0 Å². The molecule has 0 aliphatic carbocycles. The van der Waals surface area contributed by atoms with Gasteiger partial charge in [0.1, 0.15) is 0 Å². The molecular weight excluding hydrogens is 206 g/mol. The summed E-state index contributed by atoms with van der Waals surface area (Å²) in [4.78, 5) is 4.46. The van der Waals surface area contributed by atoms with Crippen LogP contribution in [0.2, 0.25) is 0 Å². The van der Waals surface area contributed by atoms with Crippen LogP contribution in [0, 0.1) is 0 Å². The van der Waals surface area contributed by atoms with Gasteiger partial charge in [-0.1, -0.05) is 30.0 Å². The lowest BCUT2D eigenvalue weighted by Crippen LogP contribution is -2.05. The zero-order chi connectivity index (χ0) is 10.7. The third-order valence-corrected chi connectivity index (χ3v) is 2.92. The molecule has 0 N–H and O–H groups in total. The molecule has 0 aliphatic heterocycles. The van der Waals surface area contributed by atoms with Crippen LogP contribution in [0.25, 0.3) is 10.2 Å². The van der Waals surface area contributed by atoms with Crippen LogP contribution in [0.4, 0.5) is 5.13 Å². The summed E-state index contributed by atoms with van der Waals surface area (Å²) < 4.78 is 1.16. The summed E-state index contributed by atoms with van der Waals surface area (Å²) >= 11 is 1.60. The first-order valence-electron chi connectivity index (χ1n) is 4.61. The maximum atomic E-state index is 4.46. The fourth-order valence-corrected chi connectivity index (χ4v) is 2.18. The van der Waals surface area contributed by atoms with E-state index < -0.39 is 0 Å². The first kappa shape index (κ1) is 9.86. The number of thiazole rings is 1. The molecule has 0 atom stereocenters. The minimum absolute atomic E-state index is 0.837. The summed E-state index contributed by atoms with van der Waals surface area (Å²) in [5.41, 5.74) is 0.996. The van der Waals surface area contributed by atoms with Gasteiger partial charge in [-0.2, -0.15) is 5.10 Å². The molecule has 15 heavy (non-hydrogen) atoms. The second-order valence-corrected chi connectivity index (χ2v) is 3.87. The zero-order valence-electron chi connectivity index (χ0n) is 8.42. The normalized spacial score (nSPS) is 11.0. The highest BCUT2D eigenvalue weighted by Crippen LogP contribution is 2.28.